The number of nitrogens with zero attached hydrogens (tertiary/aromatic N) is 4. The molecule has 1 atom stereocenters. The Morgan fingerprint density at radius 1 is 1.25 bits per heavy atom. The van der Waals surface area contributed by atoms with Gasteiger partial charge in [-0.25, -0.2) is 0 Å². The second-order valence-corrected chi connectivity index (χ2v) is 7.27. The van der Waals surface area contributed by atoms with Crippen LogP contribution in [0.4, 0.5) is 0 Å². The van der Waals surface area contributed by atoms with E-state index in [4.69, 9.17) is 0 Å². The first kappa shape index (κ1) is 17.4. The number of H-pyrrole nitrogens is 1. The Bertz CT molecular complexity index is 535. The molecule has 3 heterocycles. The Balaban J connectivity index is 1.64. The molecule has 2 aliphatic heterocycles. The van der Waals surface area contributed by atoms with E-state index in [1.807, 2.05) is 11.0 Å². The Hall–Kier alpha value is -1.40. The number of hydrogen-bond donors (Lipinski definition) is 1. The lowest BCUT2D eigenvalue weighted by atomic mass is 10.1. The molecule has 24 heavy (non-hydrogen) atoms. The highest BCUT2D eigenvalue weighted by Crippen LogP contribution is 2.19. The maximum Gasteiger partial charge on any atom is 0.274 e. The van der Waals surface area contributed by atoms with Crippen LogP contribution in [-0.2, 0) is 6.42 Å². The van der Waals surface area contributed by atoms with Crippen molar-refractivity contribution >= 4 is 5.91 Å². The molecule has 2 saturated heterocycles. The van der Waals surface area contributed by atoms with Crippen LogP contribution in [0.1, 0.15) is 48.8 Å². The van der Waals surface area contributed by atoms with E-state index in [2.05, 4.69) is 34.0 Å². The summed E-state index contributed by atoms with van der Waals surface area (Å²) < 4.78 is 0. The highest BCUT2D eigenvalue weighted by atomic mass is 16.2. The van der Waals surface area contributed by atoms with Crippen molar-refractivity contribution in [3.8, 4) is 0 Å². The number of carbonyl (C=O) groups is 1. The van der Waals surface area contributed by atoms with E-state index < -0.39 is 0 Å². The average molecular weight is 333 g/mol. The van der Waals surface area contributed by atoms with Crippen molar-refractivity contribution < 1.29 is 4.79 Å². The Kier molecular flexibility index (Phi) is 5.89. The molecule has 0 bridgehead atoms. The zero-order valence-electron chi connectivity index (χ0n) is 15.1. The highest BCUT2D eigenvalue weighted by molar-refractivity contribution is 5.92. The minimum Gasteiger partial charge on any atom is -0.336 e. The average Bonchev–Trinajstić information content (AvgIpc) is 2.91. The van der Waals surface area contributed by atoms with Crippen LogP contribution in [0.5, 0.6) is 0 Å². The van der Waals surface area contributed by atoms with Crippen molar-refractivity contribution in [2.24, 2.45) is 0 Å². The summed E-state index contributed by atoms with van der Waals surface area (Å²) in [6.45, 7) is 8.34. The molecule has 6 heteroatoms. The number of aromatic nitrogens is 2. The molecule has 1 aromatic rings. The summed E-state index contributed by atoms with van der Waals surface area (Å²) in [6.07, 6.45) is 5.52. The highest BCUT2D eigenvalue weighted by Gasteiger charge is 2.29. The number of amides is 1. The first-order valence-electron chi connectivity index (χ1n) is 9.43. The largest absolute Gasteiger partial charge is 0.336 e. The quantitative estimate of drug-likeness (QED) is 0.909. The van der Waals surface area contributed by atoms with Crippen LogP contribution in [-0.4, -0.2) is 83.2 Å². The van der Waals surface area contributed by atoms with Gasteiger partial charge in [-0.05, 0) is 32.4 Å². The molecule has 0 saturated carbocycles. The summed E-state index contributed by atoms with van der Waals surface area (Å²) in [5, 5.41) is 7.26. The summed E-state index contributed by atoms with van der Waals surface area (Å²) in [5.41, 5.74) is 1.64. The van der Waals surface area contributed by atoms with Crippen LogP contribution < -0.4 is 0 Å². The minimum absolute atomic E-state index is 0.0923. The third-order valence-electron chi connectivity index (χ3n) is 5.36. The zero-order valence-corrected chi connectivity index (χ0v) is 15.1. The summed E-state index contributed by atoms with van der Waals surface area (Å²) in [5.74, 6) is 0.0923. The molecule has 0 aromatic carbocycles. The third kappa shape index (κ3) is 4.16. The normalized spacial score (nSPS) is 24.1. The standard InChI is InChI=1S/C18H31N5O/c1-3-6-15-13-17(20-19-15)18(24)23-8-5-4-7-16(14-23)22-11-9-21(2)10-12-22/h13,16H,3-12,14H2,1-2H3,(H,19,20). The molecule has 0 aliphatic carbocycles. The number of rotatable bonds is 4. The van der Waals surface area contributed by atoms with Gasteiger partial charge in [-0.15, -0.1) is 0 Å². The fourth-order valence-corrected chi connectivity index (χ4v) is 3.82. The van der Waals surface area contributed by atoms with Crippen molar-refractivity contribution in [1.29, 1.82) is 0 Å². The topological polar surface area (TPSA) is 55.5 Å². The third-order valence-corrected chi connectivity index (χ3v) is 5.36. The number of likely N-dealkylation sites (tertiary alicyclic amines) is 1. The zero-order chi connectivity index (χ0) is 16.9. The van der Waals surface area contributed by atoms with E-state index in [1.165, 1.54) is 12.8 Å². The van der Waals surface area contributed by atoms with E-state index >= 15 is 0 Å². The summed E-state index contributed by atoms with van der Waals surface area (Å²) in [6, 6.07) is 2.43. The molecule has 134 valence electrons. The van der Waals surface area contributed by atoms with Gasteiger partial charge in [0, 0.05) is 51.0 Å². The van der Waals surface area contributed by atoms with Crippen molar-refractivity contribution in [3.05, 3.63) is 17.5 Å². The fourth-order valence-electron chi connectivity index (χ4n) is 3.82. The van der Waals surface area contributed by atoms with E-state index in [0.29, 0.717) is 11.7 Å². The van der Waals surface area contributed by atoms with Gasteiger partial charge < -0.3 is 9.80 Å². The number of nitrogens with one attached hydrogen (secondary N) is 1. The predicted octanol–water partition coefficient (Wildman–Crippen LogP) is 1.60. The van der Waals surface area contributed by atoms with Gasteiger partial charge >= 0.3 is 0 Å². The molecule has 2 aliphatic rings. The molecular formula is C18H31N5O. The van der Waals surface area contributed by atoms with Crippen molar-refractivity contribution in [1.82, 2.24) is 24.9 Å². The molecule has 1 unspecified atom stereocenters. The van der Waals surface area contributed by atoms with Gasteiger partial charge in [0.15, 0.2) is 0 Å². The number of aromatic amines is 1. The van der Waals surface area contributed by atoms with E-state index in [9.17, 15) is 4.79 Å². The lowest BCUT2D eigenvalue weighted by molar-refractivity contribution is 0.0626. The molecule has 0 spiro atoms. The molecule has 3 rings (SSSR count). The van der Waals surface area contributed by atoms with Crippen LogP contribution >= 0.6 is 0 Å². The Labute approximate surface area is 145 Å². The molecule has 1 amide bonds. The predicted molar refractivity (Wildman–Crippen MR) is 95.2 cm³/mol. The van der Waals surface area contributed by atoms with Gasteiger partial charge in [-0.1, -0.05) is 19.8 Å². The number of likely N-dealkylation sites (N-methyl/N-ethyl adjacent to an activating group) is 1. The summed E-state index contributed by atoms with van der Waals surface area (Å²) >= 11 is 0. The van der Waals surface area contributed by atoms with E-state index in [-0.39, 0.29) is 5.91 Å². The fraction of sp³-hybridized carbons (Fsp3) is 0.778. The van der Waals surface area contributed by atoms with Gasteiger partial charge in [-0.2, -0.15) is 5.10 Å². The smallest absolute Gasteiger partial charge is 0.274 e. The van der Waals surface area contributed by atoms with Gasteiger partial charge in [0.25, 0.3) is 5.91 Å². The maximum absolute atomic E-state index is 12.9. The SMILES string of the molecule is CCCc1cc(C(=O)N2CCCCC(N3CCN(C)CC3)C2)n[nH]1. The van der Waals surface area contributed by atoms with Crippen LogP contribution in [0.25, 0.3) is 0 Å². The van der Waals surface area contributed by atoms with Gasteiger partial charge in [0.1, 0.15) is 5.69 Å². The Morgan fingerprint density at radius 3 is 2.79 bits per heavy atom. The minimum atomic E-state index is 0.0923. The second kappa shape index (κ2) is 8.12. The van der Waals surface area contributed by atoms with Crippen LogP contribution in [0.2, 0.25) is 0 Å². The van der Waals surface area contributed by atoms with Crippen LogP contribution in [0, 0.1) is 0 Å². The lowest BCUT2D eigenvalue weighted by Crippen LogP contribution is -2.52. The molecule has 1 N–H and O–H groups in total. The number of hydrogen-bond acceptors (Lipinski definition) is 4. The Morgan fingerprint density at radius 2 is 2.04 bits per heavy atom. The van der Waals surface area contributed by atoms with Crippen molar-refractivity contribution in [2.45, 2.75) is 45.1 Å². The summed E-state index contributed by atoms with van der Waals surface area (Å²) in [7, 11) is 2.19. The maximum atomic E-state index is 12.9. The number of piperazine rings is 1. The van der Waals surface area contributed by atoms with Gasteiger partial charge in [-0.3, -0.25) is 14.8 Å². The van der Waals surface area contributed by atoms with Gasteiger partial charge in [0.2, 0.25) is 0 Å². The molecule has 0 radical (unpaired) electrons. The summed E-state index contributed by atoms with van der Waals surface area (Å²) in [4.78, 5) is 19.9. The van der Waals surface area contributed by atoms with Crippen LogP contribution in [0.15, 0.2) is 6.07 Å². The van der Waals surface area contributed by atoms with Crippen LogP contribution in [0.3, 0.4) is 0 Å². The van der Waals surface area contributed by atoms with Crippen molar-refractivity contribution in [2.75, 3.05) is 46.3 Å². The molecule has 2 fully saturated rings. The molecule has 1 aromatic heterocycles. The number of carbonyl (C=O) groups excluding carboxylic acids is 1. The van der Waals surface area contributed by atoms with E-state index in [1.54, 1.807) is 0 Å². The monoisotopic (exact) mass is 333 g/mol. The first-order chi connectivity index (χ1) is 11.7. The van der Waals surface area contributed by atoms with Gasteiger partial charge in [0.05, 0.1) is 0 Å². The van der Waals surface area contributed by atoms with E-state index in [0.717, 1.165) is 64.2 Å². The van der Waals surface area contributed by atoms with Crippen molar-refractivity contribution in [3.63, 3.8) is 0 Å². The molecular weight excluding hydrogens is 302 g/mol. The lowest BCUT2D eigenvalue weighted by Gasteiger charge is -2.39. The number of aryl methyl sites for hydroxylation is 1. The second-order valence-electron chi connectivity index (χ2n) is 7.27. The molecule has 6 nitrogen and oxygen atoms in total. The first-order valence-corrected chi connectivity index (χ1v) is 9.43.